The molecule has 0 aliphatic carbocycles. The molecular weight excluding hydrogens is 282 g/mol. The molecule has 1 aromatic carbocycles. The first kappa shape index (κ1) is 14.1. The van der Waals surface area contributed by atoms with Crippen LogP contribution in [0, 0.1) is 0 Å². The number of nitrogens with one attached hydrogen (secondary N) is 1. The average Bonchev–Trinajstić information content (AvgIpc) is 2.29. The minimum absolute atomic E-state index is 0.431. The molecule has 0 unspecified atom stereocenters. The Bertz CT molecular complexity index is 355. The van der Waals surface area contributed by atoms with E-state index >= 15 is 0 Å². The highest BCUT2D eigenvalue weighted by Gasteiger charge is 2.10. The Hall–Kier alpha value is -1.00. The quantitative estimate of drug-likeness (QED) is 0.839. The molecule has 1 N–H and O–H groups in total. The van der Waals surface area contributed by atoms with Crippen molar-refractivity contribution in [1.29, 1.82) is 0 Å². The lowest BCUT2D eigenvalue weighted by Crippen LogP contribution is -2.09. The normalized spacial score (nSPS) is 10.1. The number of hydrogen-bond donors (Lipinski definition) is 1. The summed E-state index contributed by atoms with van der Waals surface area (Å²) in [4.78, 5) is 0. The average molecular weight is 300 g/mol. The van der Waals surface area contributed by atoms with Crippen molar-refractivity contribution in [2.45, 2.75) is 13.5 Å². The third-order valence-electron chi connectivity index (χ3n) is 2.10. The molecule has 4 heteroatoms. The van der Waals surface area contributed by atoms with E-state index in [4.69, 9.17) is 9.47 Å². The second-order valence-corrected chi connectivity index (χ2v) is 4.64. The lowest BCUT2D eigenvalue weighted by molar-refractivity contribution is 0.293. The Morgan fingerprint density at radius 1 is 1.41 bits per heavy atom. The van der Waals surface area contributed by atoms with Gasteiger partial charge in [-0.15, -0.1) is 0 Å². The van der Waals surface area contributed by atoms with Crippen LogP contribution in [0.4, 0.5) is 0 Å². The van der Waals surface area contributed by atoms with Gasteiger partial charge in [0.15, 0.2) is 11.5 Å². The fraction of sp³-hybridized carbons (Fsp3) is 0.385. The van der Waals surface area contributed by atoms with Gasteiger partial charge in [-0.3, -0.25) is 0 Å². The van der Waals surface area contributed by atoms with Gasteiger partial charge in [-0.25, -0.2) is 0 Å². The molecule has 1 aromatic rings. The van der Waals surface area contributed by atoms with E-state index < -0.39 is 0 Å². The van der Waals surface area contributed by atoms with Crippen molar-refractivity contribution in [3.8, 4) is 11.5 Å². The zero-order valence-corrected chi connectivity index (χ0v) is 11.8. The maximum Gasteiger partial charge on any atom is 0.166 e. The molecule has 0 atom stereocenters. The van der Waals surface area contributed by atoms with E-state index in [1.54, 1.807) is 0 Å². The Balaban J connectivity index is 2.95. The number of ether oxygens (including phenoxy) is 2. The van der Waals surface area contributed by atoms with Gasteiger partial charge in [-0.2, -0.15) is 0 Å². The van der Waals surface area contributed by atoms with Crippen LogP contribution in [0.25, 0.3) is 0 Å². The van der Waals surface area contributed by atoms with Crippen molar-refractivity contribution >= 4 is 15.9 Å². The smallest absolute Gasteiger partial charge is 0.166 e. The second kappa shape index (κ2) is 7.35. The van der Waals surface area contributed by atoms with Crippen molar-refractivity contribution in [2.24, 2.45) is 0 Å². The number of rotatable bonds is 7. The Kier molecular flexibility index (Phi) is 6.08. The van der Waals surface area contributed by atoms with Gasteiger partial charge >= 0.3 is 0 Å². The Labute approximate surface area is 111 Å². The first-order valence-corrected chi connectivity index (χ1v) is 6.33. The molecule has 0 saturated heterocycles. The Morgan fingerprint density at radius 3 is 2.76 bits per heavy atom. The van der Waals surface area contributed by atoms with Gasteiger partial charge in [0.05, 0.1) is 6.61 Å². The maximum absolute atomic E-state index is 5.72. The minimum atomic E-state index is 0.431. The van der Waals surface area contributed by atoms with Crippen LogP contribution in [-0.4, -0.2) is 20.3 Å². The predicted octanol–water partition coefficient (Wildman–Crippen LogP) is 3.09. The number of halogens is 1. The lowest BCUT2D eigenvalue weighted by atomic mass is 10.2. The van der Waals surface area contributed by atoms with E-state index in [9.17, 15) is 0 Å². The molecule has 0 bridgehead atoms. The third kappa shape index (κ3) is 4.40. The molecule has 0 aliphatic heterocycles. The summed E-state index contributed by atoms with van der Waals surface area (Å²) in [6, 6.07) is 5.90. The van der Waals surface area contributed by atoms with Crippen molar-refractivity contribution < 1.29 is 9.47 Å². The van der Waals surface area contributed by atoms with Gasteiger partial charge in [-0.05, 0) is 20.0 Å². The molecule has 0 heterocycles. The van der Waals surface area contributed by atoms with E-state index in [1.165, 1.54) is 0 Å². The van der Waals surface area contributed by atoms with Gasteiger partial charge in [-0.1, -0.05) is 34.6 Å². The first-order valence-electron chi connectivity index (χ1n) is 5.54. The Morgan fingerprint density at radius 2 is 2.18 bits per heavy atom. The van der Waals surface area contributed by atoms with Gasteiger partial charge in [0, 0.05) is 16.6 Å². The molecule has 0 spiro atoms. The molecule has 0 aromatic heterocycles. The minimum Gasteiger partial charge on any atom is -0.490 e. The molecule has 0 radical (unpaired) electrons. The summed E-state index contributed by atoms with van der Waals surface area (Å²) in [5, 5.41) is 3.11. The van der Waals surface area contributed by atoms with E-state index in [1.807, 2.05) is 32.2 Å². The van der Waals surface area contributed by atoms with Crippen molar-refractivity contribution in [2.75, 3.05) is 20.3 Å². The highest BCUT2D eigenvalue weighted by atomic mass is 79.9. The third-order valence-corrected chi connectivity index (χ3v) is 2.33. The molecule has 3 nitrogen and oxygen atoms in total. The van der Waals surface area contributed by atoms with Crippen LogP contribution >= 0.6 is 15.9 Å². The summed E-state index contributed by atoms with van der Waals surface area (Å²) in [5.74, 6) is 1.55. The maximum atomic E-state index is 5.72. The molecule has 94 valence electrons. The summed E-state index contributed by atoms with van der Waals surface area (Å²) in [5.41, 5.74) is 1.08. The molecule has 0 fully saturated rings. The fourth-order valence-electron chi connectivity index (χ4n) is 1.47. The van der Waals surface area contributed by atoms with Crippen LogP contribution in [0.3, 0.4) is 0 Å². The summed E-state index contributed by atoms with van der Waals surface area (Å²) in [6.07, 6.45) is 0. The molecule has 0 saturated carbocycles. The lowest BCUT2D eigenvalue weighted by Gasteiger charge is -2.15. The van der Waals surface area contributed by atoms with E-state index in [-0.39, 0.29) is 0 Å². The van der Waals surface area contributed by atoms with Crippen LogP contribution in [0.5, 0.6) is 11.5 Å². The molecule has 1 rings (SSSR count). The fourth-order valence-corrected chi connectivity index (χ4v) is 1.59. The van der Waals surface area contributed by atoms with Crippen molar-refractivity contribution in [1.82, 2.24) is 5.32 Å². The summed E-state index contributed by atoms with van der Waals surface area (Å²) in [7, 11) is 1.90. The largest absolute Gasteiger partial charge is 0.490 e. The van der Waals surface area contributed by atoms with Crippen LogP contribution in [-0.2, 0) is 6.54 Å². The monoisotopic (exact) mass is 299 g/mol. The van der Waals surface area contributed by atoms with Crippen LogP contribution < -0.4 is 14.8 Å². The summed E-state index contributed by atoms with van der Waals surface area (Å²) < 4.78 is 12.1. The highest BCUT2D eigenvalue weighted by molar-refractivity contribution is 9.11. The molecule has 0 amide bonds. The van der Waals surface area contributed by atoms with Gasteiger partial charge in [0.2, 0.25) is 0 Å². The number of hydrogen-bond acceptors (Lipinski definition) is 3. The number of benzene rings is 1. The van der Waals surface area contributed by atoms with Crippen molar-refractivity contribution in [3.63, 3.8) is 0 Å². The van der Waals surface area contributed by atoms with Gasteiger partial charge in [0.1, 0.15) is 6.61 Å². The van der Waals surface area contributed by atoms with Crippen LogP contribution in [0.15, 0.2) is 29.3 Å². The van der Waals surface area contributed by atoms with E-state index in [0.717, 1.165) is 28.1 Å². The number of para-hydroxylation sites is 1. The van der Waals surface area contributed by atoms with E-state index in [0.29, 0.717) is 13.2 Å². The SMILES string of the molecule is C=C(Br)COc1c(CNC)cccc1OCC. The topological polar surface area (TPSA) is 30.5 Å². The zero-order valence-electron chi connectivity index (χ0n) is 10.3. The molecule has 17 heavy (non-hydrogen) atoms. The zero-order chi connectivity index (χ0) is 12.7. The van der Waals surface area contributed by atoms with Gasteiger partial charge in [0.25, 0.3) is 0 Å². The summed E-state index contributed by atoms with van der Waals surface area (Å²) >= 11 is 3.28. The van der Waals surface area contributed by atoms with Gasteiger partial charge < -0.3 is 14.8 Å². The molecular formula is C13H18BrNO2. The highest BCUT2D eigenvalue weighted by Crippen LogP contribution is 2.31. The molecule has 0 aliphatic rings. The standard InChI is InChI=1S/C13H18BrNO2/c1-4-16-12-7-5-6-11(8-15-3)13(12)17-9-10(2)14/h5-7,15H,2,4,8-9H2,1,3H3. The van der Waals surface area contributed by atoms with E-state index in [2.05, 4.69) is 27.8 Å². The van der Waals surface area contributed by atoms with Crippen molar-refractivity contribution in [3.05, 3.63) is 34.8 Å². The van der Waals surface area contributed by atoms with Crippen LogP contribution in [0.2, 0.25) is 0 Å². The summed E-state index contributed by atoms with van der Waals surface area (Å²) in [6.45, 7) is 7.51. The first-order chi connectivity index (χ1) is 8.19. The predicted molar refractivity (Wildman–Crippen MR) is 73.9 cm³/mol. The van der Waals surface area contributed by atoms with Crippen LogP contribution in [0.1, 0.15) is 12.5 Å². The second-order valence-electron chi connectivity index (χ2n) is 3.51.